The van der Waals surface area contributed by atoms with Crippen molar-refractivity contribution in [2.45, 2.75) is 25.7 Å². The zero-order valence-electron chi connectivity index (χ0n) is 5.23. The number of ether oxygens (including phenoxy) is 1. The molecule has 1 fully saturated rings. The average molecular weight is 113 g/mol. The summed E-state index contributed by atoms with van der Waals surface area (Å²) in [6.45, 7) is 0.852. The third kappa shape index (κ3) is 1.48. The van der Waals surface area contributed by atoms with Gasteiger partial charge >= 0.3 is 0 Å². The molecule has 1 aliphatic carbocycles. The van der Waals surface area contributed by atoms with E-state index in [1.807, 2.05) is 0 Å². The van der Waals surface area contributed by atoms with Crippen LogP contribution in [-0.2, 0) is 4.74 Å². The van der Waals surface area contributed by atoms with Gasteiger partial charge in [-0.3, -0.25) is 0 Å². The Morgan fingerprint density at radius 1 is 1.50 bits per heavy atom. The summed E-state index contributed by atoms with van der Waals surface area (Å²) in [7, 11) is 3.32. The molecule has 0 saturated heterocycles. The summed E-state index contributed by atoms with van der Waals surface area (Å²) in [5.41, 5.74) is 0. The van der Waals surface area contributed by atoms with Crippen LogP contribution in [0.15, 0.2) is 0 Å². The van der Waals surface area contributed by atoms with Gasteiger partial charge in [-0.05, 0) is 12.3 Å². The first-order chi connectivity index (χ1) is 3.93. The van der Waals surface area contributed by atoms with Crippen molar-refractivity contribution in [1.82, 2.24) is 0 Å². The molecule has 0 unspecified atom stereocenters. The molecule has 1 nitrogen and oxygen atoms in total. The quantitative estimate of drug-likeness (QED) is 0.543. The summed E-state index contributed by atoms with van der Waals surface area (Å²) in [5, 5.41) is 0. The maximum absolute atomic E-state index is 4.70. The Morgan fingerprint density at radius 3 is 2.62 bits per heavy atom. The molecule has 1 aliphatic rings. The molecule has 0 amide bonds. The van der Waals surface area contributed by atoms with Crippen molar-refractivity contribution < 1.29 is 4.74 Å². The van der Waals surface area contributed by atoms with Crippen LogP contribution in [0, 0.1) is 13.0 Å². The smallest absolute Gasteiger partial charge is 0.0700 e. The molecule has 0 aromatic carbocycles. The molecule has 8 heavy (non-hydrogen) atoms. The highest BCUT2D eigenvalue weighted by Gasteiger charge is 2.15. The second kappa shape index (κ2) is 3.08. The van der Waals surface area contributed by atoms with Crippen molar-refractivity contribution in [3.05, 3.63) is 7.11 Å². The Balaban J connectivity index is 1.86. The minimum atomic E-state index is 0.852. The summed E-state index contributed by atoms with van der Waals surface area (Å²) in [4.78, 5) is 0. The van der Waals surface area contributed by atoms with Crippen molar-refractivity contribution >= 4 is 0 Å². The lowest BCUT2D eigenvalue weighted by Gasteiger charge is -2.24. The van der Waals surface area contributed by atoms with Crippen LogP contribution in [0.5, 0.6) is 0 Å². The summed E-state index contributed by atoms with van der Waals surface area (Å²) < 4.78 is 4.70. The van der Waals surface area contributed by atoms with Gasteiger partial charge in [0, 0.05) is 6.61 Å². The van der Waals surface area contributed by atoms with Crippen molar-refractivity contribution in [2.24, 2.45) is 5.92 Å². The van der Waals surface area contributed by atoms with Gasteiger partial charge in [0.1, 0.15) is 0 Å². The molecule has 0 atom stereocenters. The van der Waals surface area contributed by atoms with Gasteiger partial charge in [-0.15, -0.1) is 0 Å². The van der Waals surface area contributed by atoms with E-state index in [1.54, 1.807) is 0 Å². The molecule has 0 N–H and O–H groups in total. The SMILES string of the molecule is [CH2]OCCC1CCC1. The van der Waals surface area contributed by atoms with Gasteiger partial charge in [-0.25, -0.2) is 0 Å². The third-order valence-corrected chi connectivity index (χ3v) is 1.90. The molecule has 0 spiro atoms. The van der Waals surface area contributed by atoms with Crippen LogP contribution in [0.25, 0.3) is 0 Å². The Kier molecular flexibility index (Phi) is 2.34. The van der Waals surface area contributed by atoms with Gasteiger partial charge in [0.05, 0.1) is 7.11 Å². The lowest BCUT2D eigenvalue weighted by Crippen LogP contribution is -2.12. The lowest BCUT2D eigenvalue weighted by atomic mass is 9.83. The van der Waals surface area contributed by atoms with Crippen LogP contribution in [0.3, 0.4) is 0 Å². The standard InChI is InChI=1S/C7H13O/c1-8-6-5-7-3-2-4-7/h7H,1-6H2. The van der Waals surface area contributed by atoms with E-state index in [4.69, 9.17) is 4.74 Å². The Hall–Kier alpha value is -0.0400. The average Bonchev–Trinajstić information content (AvgIpc) is 1.63. The van der Waals surface area contributed by atoms with E-state index in [-0.39, 0.29) is 0 Å². The molecule has 1 radical (unpaired) electrons. The van der Waals surface area contributed by atoms with Crippen LogP contribution in [0.4, 0.5) is 0 Å². The fraction of sp³-hybridized carbons (Fsp3) is 0.857. The molecule has 0 aromatic rings. The molecule has 0 aromatic heterocycles. The predicted molar refractivity (Wildman–Crippen MR) is 33.3 cm³/mol. The van der Waals surface area contributed by atoms with Crippen LogP contribution >= 0.6 is 0 Å². The van der Waals surface area contributed by atoms with E-state index in [1.165, 1.54) is 25.7 Å². The summed E-state index contributed by atoms with van der Waals surface area (Å²) >= 11 is 0. The first kappa shape index (κ1) is 6.09. The normalized spacial score (nSPS) is 20.6. The maximum Gasteiger partial charge on any atom is 0.0700 e. The zero-order chi connectivity index (χ0) is 5.82. The van der Waals surface area contributed by atoms with Crippen molar-refractivity contribution in [3.8, 4) is 0 Å². The van der Waals surface area contributed by atoms with Crippen LogP contribution in [0.1, 0.15) is 25.7 Å². The van der Waals surface area contributed by atoms with Gasteiger partial charge in [-0.2, -0.15) is 0 Å². The van der Waals surface area contributed by atoms with Gasteiger partial charge in [0.2, 0.25) is 0 Å². The molecule has 1 saturated carbocycles. The van der Waals surface area contributed by atoms with E-state index in [0.717, 1.165) is 12.5 Å². The highest BCUT2D eigenvalue weighted by Crippen LogP contribution is 2.28. The minimum absolute atomic E-state index is 0.852. The zero-order valence-corrected chi connectivity index (χ0v) is 5.23. The molecule has 0 bridgehead atoms. The molecular formula is C7H13O. The van der Waals surface area contributed by atoms with Crippen molar-refractivity contribution in [1.29, 1.82) is 0 Å². The Morgan fingerprint density at radius 2 is 2.25 bits per heavy atom. The third-order valence-electron chi connectivity index (χ3n) is 1.90. The molecule has 0 heterocycles. The van der Waals surface area contributed by atoms with E-state index in [0.29, 0.717) is 0 Å². The van der Waals surface area contributed by atoms with Crippen molar-refractivity contribution in [3.63, 3.8) is 0 Å². The minimum Gasteiger partial charge on any atom is -0.379 e. The molecule has 0 aliphatic heterocycles. The molecule has 1 heteroatoms. The summed E-state index contributed by atoms with van der Waals surface area (Å²) in [5.74, 6) is 0.969. The van der Waals surface area contributed by atoms with Gasteiger partial charge in [0.15, 0.2) is 0 Å². The number of rotatable bonds is 3. The fourth-order valence-corrected chi connectivity index (χ4v) is 1.03. The largest absolute Gasteiger partial charge is 0.379 e. The highest BCUT2D eigenvalue weighted by atomic mass is 16.5. The lowest BCUT2D eigenvalue weighted by molar-refractivity contribution is 0.182. The second-order valence-corrected chi connectivity index (χ2v) is 2.49. The van der Waals surface area contributed by atoms with E-state index < -0.39 is 0 Å². The van der Waals surface area contributed by atoms with Crippen LogP contribution in [0.2, 0.25) is 0 Å². The van der Waals surface area contributed by atoms with E-state index >= 15 is 0 Å². The van der Waals surface area contributed by atoms with E-state index in [9.17, 15) is 0 Å². The summed E-state index contributed by atoms with van der Waals surface area (Å²) in [6.07, 6.45) is 5.50. The van der Waals surface area contributed by atoms with Crippen LogP contribution < -0.4 is 0 Å². The second-order valence-electron chi connectivity index (χ2n) is 2.49. The van der Waals surface area contributed by atoms with Gasteiger partial charge in [0.25, 0.3) is 0 Å². The van der Waals surface area contributed by atoms with Crippen LogP contribution in [-0.4, -0.2) is 6.61 Å². The predicted octanol–water partition coefficient (Wildman–Crippen LogP) is 1.98. The molecule has 47 valence electrons. The van der Waals surface area contributed by atoms with Gasteiger partial charge < -0.3 is 4.74 Å². The Labute approximate surface area is 51.0 Å². The topological polar surface area (TPSA) is 9.23 Å². The van der Waals surface area contributed by atoms with Crippen molar-refractivity contribution in [2.75, 3.05) is 6.61 Å². The highest BCUT2D eigenvalue weighted by molar-refractivity contribution is 4.68. The van der Waals surface area contributed by atoms with Gasteiger partial charge in [-0.1, -0.05) is 19.3 Å². The first-order valence-corrected chi connectivity index (χ1v) is 3.30. The maximum atomic E-state index is 4.70. The molecule has 1 rings (SSSR count). The monoisotopic (exact) mass is 113 g/mol. The van der Waals surface area contributed by atoms with E-state index in [2.05, 4.69) is 7.11 Å². The molecular weight excluding hydrogens is 100 g/mol. The number of hydrogen-bond acceptors (Lipinski definition) is 1. The first-order valence-electron chi connectivity index (χ1n) is 3.30. The Bertz CT molecular complexity index is 57.4. The fourth-order valence-electron chi connectivity index (χ4n) is 1.03. The number of hydrogen-bond donors (Lipinski definition) is 0. The summed E-state index contributed by atoms with van der Waals surface area (Å²) in [6, 6.07) is 0.